The summed E-state index contributed by atoms with van der Waals surface area (Å²) < 4.78 is 6.94. The van der Waals surface area contributed by atoms with E-state index in [4.69, 9.17) is 4.74 Å². The van der Waals surface area contributed by atoms with Gasteiger partial charge in [0, 0.05) is 12.6 Å². The number of ketones is 1. The second-order valence-corrected chi connectivity index (χ2v) is 4.96. The standard InChI is InChI=1S/C16H20N2O2/c1-6-12-9-14(18(4)17-12)16(19)13-7-11(3)15(20-5)8-10(13)2/h7-9H,6H2,1-5H3. The van der Waals surface area contributed by atoms with Crippen molar-refractivity contribution in [1.29, 1.82) is 0 Å². The van der Waals surface area contributed by atoms with E-state index < -0.39 is 0 Å². The molecule has 0 radical (unpaired) electrons. The van der Waals surface area contributed by atoms with Crippen LogP contribution in [0.3, 0.4) is 0 Å². The summed E-state index contributed by atoms with van der Waals surface area (Å²) in [5.41, 5.74) is 4.12. The minimum atomic E-state index is 0.00273. The van der Waals surface area contributed by atoms with Crippen molar-refractivity contribution >= 4 is 5.78 Å². The molecule has 0 N–H and O–H groups in total. The van der Waals surface area contributed by atoms with Crippen LogP contribution in [0.25, 0.3) is 0 Å². The van der Waals surface area contributed by atoms with Gasteiger partial charge in [0.05, 0.1) is 12.8 Å². The Morgan fingerprint density at radius 2 is 1.95 bits per heavy atom. The second kappa shape index (κ2) is 5.49. The SMILES string of the molecule is CCc1cc(C(=O)c2cc(C)c(OC)cc2C)n(C)n1. The van der Waals surface area contributed by atoms with Gasteiger partial charge in [-0.1, -0.05) is 6.92 Å². The van der Waals surface area contributed by atoms with Gasteiger partial charge in [-0.2, -0.15) is 5.10 Å². The average Bonchev–Trinajstić information content (AvgIpc) is 2.81. The molecule has 1 aromatic heterocycles. The van der Waals surface area contributed by atoms with E-state index in [0.29, 0.717) is 11.3 Å². The summed E-state index contributed by atoms with van der Waals surface area (Å²) in [6, 6.07) is 5.65. The fourth-order valence-corrected chi connectivity index (χ4v) is 2.30. The van der Waals surface area contributed by atoms with Gasteiger partial charge in [0.2, 0.25) is 5.78 Å². The maximum atomic E-state index is 12.7. The molecule has 0 saturated heterocycles. The second-order valence-electron chi connectivity index (χ2n) is 4.96. The van der Waals surface area contributed by atoms with Crippen molar-refractivity contribution in [2.24, 2.45) is 7.05 Å². The maximum Gasteiger partial charge on any atom is 0.211 e. The van der Waals surface area contributed by atoms with Crippen LogP contribution >= 0.6 is 0 Å². The van der Waals surface area contributed by atoms with Crippen LogP contribution in [0.1, 0.15) is 39.8 Å². The van der Waals surface area contributed by atoms with E-state index in [9.17, 15) is 4.79 Å². The Balaban J connectivity index is 2.48. The van der Waals surface area contributed by atoms with Crippen molar-refractivity contribution in [3.63, 3.8) is 0 Å². The number of hydrogen-bond donors (Lipinski definition) is 0. The third-order valence-corrected chi connectivity index (χ3v) is 3.51. The molecule has 20 heavy (non-hydrogen) atoms. The largest absolute Gasteiger partial charge is 0.496 e. The summed E-state index contributed by atoms with van der Waals surface area (Å²) in [6.45, 7) is 5.89. The first-order valence-electron chi connectivity index (χ1n) is 6.70. The molecule has 0 unspecified atom stereocenters. The number of hydrogen-bond acceptors (Lipinski definition) is 3. The van der Waals surface area contributed by atoms with Crippen LogP contribution in [-0.2, 0) is 13.5 Å². The van der Waals surface area contributed by atoms with Gasteiger partial charge in [-0.15, -0.1) is 0 Å². The highest BCUT2D eigenvalue weighted by Crippen LogP contribution is 2.24. The zero-order valence-corrected chi connectivity index (χ0v) is 12.7. The fraction of sp³-hybridized carbons (Fsp3) is 0.375. The van der Waals surface area contributed by atoms with E-state index in [1.165, 1.54) is 0 Å². The van der Waals surface area contributed by atoms with Crippen LogP contribution in [-0.4, -0.2) is 22.7 Å². The number of benzene rings is 1. The van der Waals surface area contributed by atoms with Gasteiger partial charge in [0.1, 0.15) is 11.4 Å². The lowest BCUT2D eigenvalue weighted by molar-refractivity contribution is 0.102. The Hall–Kier alpha value is -2.10. The molecule has 4 heteroatoms. The molecule has 0 aliphatic rings. The van der Waals surface area contributed by atoms with E-state index >= 15 is 0 Å². The summed E-state index contributed by atoms with van der Waals surface area (Å²) in [5.74, 6) is 0.807. The van der Waals surface area contributed by atoms with Gasteiger partial charge in [0.25, 0.3) is 0 Å². The van der Waals surface area contributed by atoms with Crippen LogP contribution in [0, 0.1) is 13.8 Å². The average molecular weight is 272 g/mol. The van der Waals surface area contributed by atoms with Gasteiger partial charge >= 0.3 is 0 Å². The molecule has 2 aromatic rings. The topological polar surface area (TPSA) is 44.1 Å². The molecule has 1 heterocycles. The molecule has 0 spiro atoms. The van der Waals surface area contributed by atoms with Gasteiger partial charge in [0.15, 0.2) is 0 Å². The van der Waals surface area contributed by atoms with Crippen molar-refractivity contribution in [1.82, 2.24) is 9.78 Å². The molecule has 1 aromatic carbocycles. The Morgan fingerprint density at radius 3 is 2.50 bits per heavy atom. The lowest BCUT2D eigenvalue weighted by Gasteiger charge is -2.10. The number of methoxy groups -OCH3 is 1. The van der Waals surface area contributed by atoms with Gasteiger partial charge < -0.3 is 4.74 Å². The summed E-state index contributed by atoms with van der Waals surface area (Å²) in [6.07, 6.45) is 0.821. The van der Waals surface area contributed by atoms with Gasteiger partial charge in [-0.3, -0.25) is 9.48 Å². The van der Waals surface area contributed by atoms with Crippen LogP contribution in [0.2, 0.25) is 0 Å². The van der Waals surface area contributed by atoms with Crippen LogP contribution < -0.4 is 4.74 Å². The number of carbonyl (C=O) groups is 1. The lowest BCUT2D eigenvalue weighted by Crippen LogP contribution is -2.10. The van der Waals surface area contributed by atoms with Crippen molar-refractivity contribution in [3.05, 3.63) is 46.3 Å². The molecule has 0 amide bonds. The van der Waals surface area contributed by atoms with Crippen LogP contribution in [0.4, 0.5) is 0 Å². The Bertz CT molecular complexity index is 657. The highest BCUT2D eigenvalue weighted by Gasteiger charge is 2.18. The monoisotopic (exact) mass is 272 g/mol. The van der Waals surface area contributed by atoms with Crippen LogP contribution in [0.5, 0.6) is 5.75 Å². The number of aromatic nitrogens is 2. The zero-order chi connectivity index (χ0) is 14.9. The van der Waals surface area contributed by atoms with Crippen molar-refractivity contribution < 1.29 is 9.53 Å². The van der Waals surface area contributed by atoms with E-state index in [1.807, 2.05) is 39.0 Å². The Labute approximate surface area is 119 Å². The normalized spacial score (nSPS) is 10.7. The number of aryl methyl sites for hydroxylation is 4. The molecule has 0 fully saturated rings. The highest BCUT2D eigenvalue weighted by molar-refractivity contribution is 6.09. The molecule has 0 atom stereocenters. The number of carbonyl (C=O) groups excluding carboxylic acids is 1. The van der Waals surface area contributed by atoms with Crippen molar-refractivity contribution in [2.75, 3.05) is 7.11 Å². The smallest absolute Gasteiger partial charge is 0.211 e. The highest BCUT2D eigenvalue weighted by atomic mass is 16.5. The predicted octanol–water partition coefficient (Wildman–Crippen LogP) is 2.84. The number of ether oxygens (including phenoxy) is 1. The van der Waals surface area contributed by atoms with Crippen molar-refractivity contribution in [2.45, 2.75) is 27.2 Å². The molecular formula is C16H20N2O2. The first kappa shape index (κ1) is 14.3. The fourth-order valence-electron chi connectivity index (χ4n) is 2.30. The summed E-state index contributed by atoms with van der Waals surface area (Å²) in [4.78, 5) is 12.7. The first-order valence-corrected chi connectivity index (χ1v) is 6.70. The minimum absolute atomic E-state index is 0.00273. The van der Waals surface area contributed by atoms with E-state index in [2.05, 4.69) is 5.10 Å². The van der Waals surface area contributed by atoms with E-state index in [-0.39, 0.29) is 5.78 Å². The van der Waals surface area contributed by atoms with E-state index in [1.54, 1.807) is 18.8 Å². The summed E-state index contributed by atoms with van der Waals surface area (Å²) >= 11 is 0. The summed E-state index contributed by atoms with van der Waals surface area (Å²) in [5, 5.41) is 4.33. The maximum absolute atomic E-state index is 12.7. The zero-order valence-electron chi connectivity index (χ0n) is 12.7. The molecule has 0 saturated carbocycles. The lowest BCUT2D eigenvalue weighted by atomic mass is 9.99. The van der Waals surface area contributed by atoms with E-state index in [0.717, 1.165) is 29.0 Å². The molecule has 0 aliphatic carbocycles. The number of rotatable bonds is 4. The summed E-state index contributed by atoms with van der Waals surface area (Å²) in [7, 11) is 3.44. The molecule has 0 bridgehead atoms. The van der Waals surface area contributed by atoms with Crippen molar-refractivity contribution in [3.8, 4) is 5.75 Å². The van der Waals surface area contributed by atoms with Crippen LogP contribution in [0.15, 0.2) is 18.2 Å². The third kappa shape index (κ3) is 2.46. The molecule has 106 valence electrons. The molecule has 2 rings (SSSR count). The molecular weight excluding hydrogens is 252 g/mol. The Morgan fingerprint density at radius 1 is 1.25 bits per heavy atom. The molecule has 0 aliphatic heterocycles. The Kier molecular flexibility index (Phi) is 3.93. The molecule has 4 nitrogen and oxygen atoms in total. The number of nitrogens with zero attached hydrogens (tertiary/aromatic N) is 2. The van der Waals surface area contributed by atoms with Gasteiger partial charge in [-0.25, -0.2) is 0 Å². The predicted molar refractivity (Wildman–Crippen MR) is 78.5 cm³/mol. The first-order chi connectivity index (χ1) is 9.47. The minimum Gasteiger partial charge on any atom is -0.496 e. The van der Waals surface area contributed by atoms with Gasteiger partial charge in [-0.05, 0) is 49.6 Å². The quantitative estimate of drug-likeness (QED) is 0.804. The third-order valence-electron chi connectivity index (χ3n) is 3.51.